The van der Waals surface area contributed by atoms with Gasteiger partial charge >= 0.3 is 0 Å². The van der Waals surface area contributed by atoms with Crippen LogP contribution in [0.2, 0.25) is 0 Å². The van der Waals surface area contributed by atoms with Gasteiger partial charge in [-0.3, -0.25) is 4.72 Å². The number of aryl methyl sites for hydroxylation is 3. The summed E-state index contributed by atoms with van der Waals surface area (Å²) in [6, 6.07) is 10.3. The molecule has 0 spiro atoms. The van der Waals surface area contributed by atoms with Crippen LogP contribution in [0.3, 0.4) is 0 Å². The van der Waals surface area contributed by atoms with Crippen molar-refractivity contribution in [2.24, 2.45) is 0 Å². The third-order valence-electron chi connectivity index (χ3n) is 3.47. The zero-order valence-electron chi connectivity index (χ0n) is 12.6. The van der Waals surface area contributed by atoms with Gasteiger partial charge in [0.25, 0.3) is 10.0 Å². The Bertz CT molecular complexity index is 767. The molecule has 2 aromatic rings. The molecule has 112 valence electrons. The molecular weight excluding hydrogens is 286 g/mol. The average Bonchev–Trinajstić information content (AvgIpc) is 2.43. The molecule has 0 aliphatic carbocycles. The van der Waals surface area contributed by atoms with Crippen LogP contribution < -0.4 is 9.46 Å². The van der Waals surface area contributed by atoms with Crippen LogP contribution in [0.25, 0.3) is 0 Å². The van der Waals surface area contributed by atoms with Crippen molar-refractivity contribution in [3.8, 4) is 5.75 Å². The highest BCUT2D eigenvalue weighted by Crippen LogP contribution is 2.24. The van der Waals surface area contributed by atoms with Crippen LogP contribution in [-0.2, 0) is 10.0 Å². The van der Waals surface area contributed by atoms with Crippen LogP contribution in [0, 0.1) is 20.8 Å². The van der Waals surface area contributed by atoms with Crippen molar-refractivity contribution < 1.29 is 13.2 Å². The molecule has 4 nitrogen and oxygen atoms in total. The van der Waals surface area contributed by atoms with E-state index in [-0.39, 0.29) is 4.90 Å². The molecule has 5 heteroatoms. The van der Waals surface area contributed by atoms with E-state index in [9.17, 15) is 8.42 Å². The highest BCUT2D eigenvalue weighted by atomic mass is 32.2. The monoisotopic (exact) mass is 305 g/mol. The molecule has 0 saturated heterocycles. The Morgan fingerprint density at radius 3 is 2.19 bits per heavy atom. The van der Waals surface area contributed by atoms with Gasteiger partial charge in [0.1, 0.15) is 5.75 Å². The molecule has 0 amide bonds. The van der Waals surface area contributed by atoms with Gasteiger partial charge in [-0.05, 0) is 67.8 Å². The minimum Gasteiger partial charge on any atom is -0.497 e. The predicted molar refractivity (Wildman–Crippen MR) is 84.5 cm³/mol. The normalized spacial score (nSPS) is 11.2. The molecule has 0 atom stereocenters. The van der Waals surface area contributed by atoms with Gasteiger partial charge in [-0.25, -0.2) is 8.42 Å². The second-order valence-corrected chi connectivity index (χ2v) is 6.71. The van der Waals surface area contributed by atoms with Crippen molar-refractivity contribution in [2.45, 2.75) is 25.7 Å². The van der Waals surface area contributed by atoms with Crippen LogP contribution in [0.1, 0.15) is 16.7 Å². The minimum absolute atomic E-state index is 0.265. The van der Waals surface area contributed by atoms with Crippen LogP contribution in [0.5, 0.6) is 5.75 Å². The number of nitrogens with one attached hydrogen (secondary N) is 1. The summed E-state index contributed by atoms with van der Waals surface area (Å²) in [4.78, 5) is 0.265. The lowest BCUT2D eigenvalue weighted by Crippen LogP contribution is -2.14. The summed E-state index contributed by atoms with van der Waals surface area (Å²) in [5, 5.41) is 0. The topological polar surface area (TPSA) is 55.4 Å². The number of anilines is 1. The fraction of sp³-hybridized carbons (Fsp3) is 0.250. The predicted octanol–water partition coefficient (Wildman–Crippen LogP) is 3.42. The smallest absolute Gasteiger partial charge is 0.261 e. The molecule has 21 heavy (non-hydrogen) atoms. The summed E-state index contributed by atoms with van der Waals surface area (Å²) < 4.78 is 32.6. The first-order valence-corrected chi connectivity index (χ1v) is 8.06. The summed E-state index contributed by atoms with van der Waals surface area (Å²) >= 11 is 0. The molecule has 2 aromatic carbocycles. The van der Waals surface area contributed by atoms with E-state index in [1.54, 1.807) is 37.4 Å². The average molecular weight is 305 g/mol. The van der Waals surface area contributed by atoms with Crippen molar-refractivity contribution in [3.05, 3.63) is 53.1 Å². The molecule has 2 rings (SSSR count). The molecule has 0 heterocycles. The number of ether oxygens (including phenoxy) is 1. The number of rotatable bonds is 4. The molecule has 0 aromatic heterocycles. The maximum absolute atomic E-state index is 12.4. The summed E-state index contributed by atoms with van der Waals surface area (Å²) in [7, 11) is -2.01. The molecule has 0 saturated carbocycles. The van der Waals surface area contributed by atoms with E-state index in [0.717, 1.165) is 16.7 Å². The molecule has 0 unspecified atom stereocenters. The zero-order valence-corrected chi connectivity index (χ0v) is 13.4. The van der Waals surface area contributed by atoms with E-state index in [4.69, 9.17) is 4.74 Å². The Labute approximate surface area is 125 Å². The van der Waals surface area contributed by atoms with E-state index in [0.29, 0.717) is 11.4 Å². The fourth-order valence-electron chi connectivity index (χ4n) is 1.96. The first kappa shape index (κ1) is 15.4. The minimum atomic E-state index is -3.59. The molecule has 0 aliphatic heterocycles. The van der Waals surface area contributed by atoms with Gasteiger partial charge < -0.3 is 4.74 Å². The van der Waals surface area contributed by atoms with E-state index in [1.807, 2.05) is 26.8 Å². The summed E-state index contributed by atoms with van der Waals surface area (Å²) in [6.07, 6.45) is 0. The van der Waals surface area contributed by atoms with E-state index >= 15 is 0 Å². The van der Waals surface area contributed by atoms with E-state index in [2.05, 4.69) is 4.72 Å². The summed E-state index contributed by atoms with van der Waals surface area (Å²) in [5.74, 6) is 0.696. The Kier molecular flexibility index (Phi) is 4.23. The van der Waals surface area contributed by atoms with Gasteiger partial charge in [0.05, 0.1) is 17.7 Å². The molecule has 1 N–H and O–H groups in total. The van der Waals surface area contributed by atoms with Gasteiger partial charge in [-0.15, -0.1) is 0 Å². The van der Waals surface area contributed by atoms with Gasteiger partial charge in [-0.1, -0.05) is 6.07 Å². The first-order valence-electron chi connectivity index (χ1n) is 6.58. The SMILES string of the molecule is COc1ccc(NS(=O)(=O)c2ccc(C)c(C)c2)c(C)c1. The second kappa shape index (κ2) is 5.77. The van der Waals surface area contributed by atoms with Crippen LogP contribution in [-0.4, -0.2) is 15.5 Å². The maximum atomic E-state index is 12.4. The number of benzene rings is 2. The molecule has 0 fully saturated rings. The van der Waals surface area contributed by atoms with Crippen molar-refractivity contribution in [2.75, 3.05) is 11.8 Å². The highest BCUT2D eigenvalue weighted by molar-refractivity contribution is 7.92. The van der Waals surface area contributed by atoms with Gasteiger partial charge in [-0.2, -0.15) is 0 Å². The lowest BCUT2D eigenvalue weighted by molar-refractivity contribution is 0.414. The number of sulfonamides is 1. The summed E-state index contributed by atoms with van der Waals surface area (Å²) in [6.45, 7) is 5.68. The number of hydrogen-bond donors (Lipinski definition) is 1. The molecular formula is C16H19NO3S. The molecule has 0 aliphatic rings. The molecule has 0 bridgehead atoms. The Balaban J connectivity index is 2.35. The van der Waals surface area contributed by atoms with Crippen molar-refractivity contribution in [3.63, 3.8) is 0 Å². The summed E-state index contributed by atoms with van der Waals surface area (Å²) in [5.41, 5.74) is 3.37. The van der Waals surface area contributed by atoms with E-state index in [1.165, 1.54) is 0 Å². The number of hydrogen-bond acceptors (Lipinski definition) is 3. The first-order chi connectivity index (χ1) is 9.83. The zero-order chi connectivity index (χ0) is 15.6. The van der Waals surface area contributed by atoms with Crippen LogP contribution in [0.15, 0.2) is 41.3 Å². The van der Waals surface area contributed by atoms with Crippen LogP contribution in [0.4, 0.5) is 5.69 Å². The van der Waals surface area contributed by atoms with Crippen molar-refractivity contribution >= 4 is 15.7 Å². The van der Waals surface area contributed by atoms with Gasteiger partial charge in [0.2, 0.25) is 0 Å². The largest absolute Gasteiger partial charge is 0.497 e. The number of methoxy groups -OCH3 is 1. The Hall–Kier alpha value is -2.01. The van der Waals surface area contributed by atoms with Crippen molar-refractivity contribution in [1.82, 2.24) is 0 Å². The standard InChI is InChI=1S/C16H19NO3S/c1-11-5-7-15(10-12(11)2)21(18,19)17-16-8-6-14(20-4)9-13(16)3/h5-10,17H,1-4H3. The highest BCUT2D eigenvalue weighted by Gasteiger charge is 2.16. The third-order valence-corrected chi connectivity index (χ3v) is 4.83. The Morgan fingerprint density at radius 1 is 0.905 bits per heavy atom. The van der Waals surface area contributed by atoms with Crippen LogP contribution >= 0.6 is 0 Å². The Morgan fingerprint density at radius 2 is 1.62 bits per heavy atom. The lowest BCUT2D eigenvalue weighted by Gasteiger charge is -2.12. The third kappa shape index (κ3) is 3.36. The van der Waals surface area contributed by atoms with Crippen molar-refractivity contribution in [1.29, 1.82) is 0 Å². The van der Waals surface area contributed by atoms with Gasteiger partial charge in [0.15, 0.2) is 0 Å². The second-order valence-electron chi connectivity index (χ2n) is 5.03. The maximum Gasteiger partial charge on any atom is 0.261 e. The quantitative estimate of drug-likeness (QED) is 0.941. The molecule has 0 radical (unpaired) electrons. The lowest BCUT2D eigenvalue weighted by atomic mass is 10.1. The van der Waals surface area contributed by atoms with E-state index < -0.39 is 10.0 Å². The van der Waals surface area contributed by atoms with Gasteiger partial charge in [0, 0.05) is 0 Å². The fourth-order valence-corrected chi connectivity index (χ4v) is 3.18.